The van der Waals surface area contributed by atoms with Gasteiger partial charge in [0, 0.05) is 30.3 Å². The number of Topliss-reactive ketones (excluding diaryl/α,β-unsaturated/α-hetero) is 1. The number of carbonyl (C=O) groups excluding carboxylic acids is 2. The molecular formula is C25H20BrNO4. The molecule has 6 heteroatoms. The van der Waals surface area contributed by atoms with Crippen molar-refractivity contribution < 1.29 is 19.1 Å². The molecule has 1 heterocycles. The van der Waals surface area contributed by atoms with Gasteiger partial charge in [-0.25, -0.2) is 4.79 Å². The van der Waals surface area contributed by atoms with Crippen molar-refractivity contribution in [2.75, 3.05) is 19.0 Å². The van der Waals surface area contributed by atoms with E-state index in [-0.39, 0.29) is 11.5 Å². The first-order chi connectivity index (χ1) is 14.8. The number of hydrogen-bond acceptors (Lipinski definition) is 5. The Morgan fingerprint density at radius 2 is 1.77 bits per heavy atom. The lowest BCUT2D eigenvalue weighted by Crippen LogP contribution is -2.09. The molecule has 0 aliphatic carbocycles. The third-order valence-electron chi connectivity index (χ3n) is 4.96. The van der Waals surface area contributed by atoms with Gasteiger partial charge in [-0.1, -0.05) is 24.3 Å². The maximum absolute atomic E-state index is 12.9. The zero-order chi connectivity index (χ0) is 22.1. The number of rotatable bonds is 4. The number of carbonyl (C=O) groups is 2. The summed E-state index contributed by atoms with van der Waals surface area (Å²) in [5.41, 5.74) is 3.51. The van der Waals surface area contributed by atoms with Crippen LogP contribution in [-0.4, -0.2) is 25.8 Å². The van der Waals surface area contributed by atoms with Crippen LogP contribution in [0.1, 0.15) is 31.8 Å². The van der Waals surface area contributed by atoms with Gasteiger partial charge in [0.05, 0.1) is 11.1 Å². The SMILES string of the molecule is Cc1cc(OC(=O)c2ccccc2Br)cc2c1C(=O)/C(=C/c1ccc(N(C)C)cc1)O2. The Morgan fingerprint density at radius 3 is 2.45 bits per heavy atom. The molecule has 0 fully saturated rings. The van der Waals surface area contributed by atoms with Gasteiger partial charge in [-0.2, -0.15) is 0 Å². The standard InChI is InChI=1S/C25H20BrNO4/c1-15-12-18(30-25(29)19-6-4-5-7-20(19)26)14-21-23(15)24(28)22(31-21)13-16-8-10-17(11-9-16)27(2)3/h4-14H,1-3H3/b22-13-. The zero-order valence-corrected chi connectivity index (χ0v) is 18.9. The van der Waals surface area contributed by atoms with Crippen molar-refractivity contribution >= 4 is 39.4 Å². The van der Waals surface area contributed by atoms with Crippen molar-refractivity contribution in [2.45, 2.75) is 6.92 Å². The minimum atomic E-state index is -0.493. The highest BCUT2D eigenvalue weighted by atomic mass is 79.9. The van der Waals surface area contributed by atoms with E-state index in [0.29, 0.717) is 32.7 Å². The van der Waals surface area contributed by atoms with Crippen LogP contribution in [0, 0.1) is 6.92 Å². The van der Waals surface area contributed by atoms with Crippen molar-refractivity contribution in [1.29, 1.82) is 0 Å². The maximum Gasteiger partial charge on any atom is 0.344 e. The molecule has 4 rings (SSSR count). The van der Waals surface area contributed by atoms with Gasteiger partial charge in [0.15, 0.2) is 5.76 Å². The number of hydrogen-bond donors (Lipinski definition) is 0. The van der Waals surface area contributed by atoms with Crippen LogP contribution in [-0.2, 0) is 0 Å². The normalized spacial score (nSPS) is 13.7. The second kappa shape index (κ2) is 8.40. The summed E-state index contributed by atoms with van der Waals surface area (Å²) in [6.07, 6.45) is 1.72. The van der Waals surface area contributed by atoms with E-state index in [9.17, 15) is 9.59 Å². The summed E-state index contributed by atoms with van der Waals surface area (Å²) in [6.45, 7) is 1.80. The zero-order valence-electron chi connectivity index (χ0n) is 17.3. The molecule has 1 aliphatic rings. The molecular weight excluding hydrogens is 458 g/mol. The summed E-state index contributed by atoms with van der Waals surface area (Å²) in [5, 5.41) is 0. The van der Waals surface area contributed by atoms with E-state index in [2.05, 4.69) is 15.9 Å². The molecule has 0 bridgehead atoms. The van der Waals surface area contributed by atoms with Gasteiger partial charge in [-0.05, 0) is 70.4 Å². The Labute approximate surface area is 189 Å². The number of aryl methyl sites for hydroxylation is 1. The fraction of sp³-hybridized carbons (Fsp3) is 0.120. The smallest absolute Gasteiger partial charge is 0.344 e. The third-order valence-corrected chi connectivity index (χ3v) is 5.65. The molecule has 0 spiro atoms. The van der Waals surface area contributed by atoms with Crippen LogP contribution in [0.5, 0.6) is 11.5 Å². The highest BCUT2D eigenvalue weighted by Crippen LogP contribution is 2.38. The van der Waals surface area contributed by atoms with Crippen LogP contribution in [0.25, 0.3) is 6.08 Å². The van der Waals surface area contributed by atoms with E-state index >= 15 is 0 Å². The van der Waals surface area contributed by atoms with Gasteiger partial charge >= 0.3 is 5.97 Å². The molecule has 3 aromatic rings. The minimum Gasteiger partial charge on any atom is -0.452 e. The largest absolute Gasteiger partial charge is 0.452 e. The predicted octanol–water partition coefficient (Wildman–Crippen LogP) is 5.66. The van der Waals surface area contributed by atoms with E-state index < -0.39 is 5.97 Å². The molecule has 0 radical (unpaired) electrons. The summed E-state index contributed by atoms with van der Waals surface area (Å²) in [7, 11) is 3.94. The molecule has 3 aromatic carbocycles. The number of fused-ring (bicyclic) bond motifs is 1. The minimum absolute atomic E-state index is 0.187. The summed E-state index contributed by atoms with van der Waals surface area (Å²) in [4.78, 5) is 27.4. The monoisotopic (exact) mass is 477 g/mol. The first-order valence-corrected chi connectivity index (χ1v) is 10.5. The number of nitrogens with zero attached hydrogens (tertiary/aromatic N) is 1. The highest BCUT2D eigenvalue weighted by molar-refractivity contribution is 9.10. The van der Waals surface area contributed by atoms with Crippen molar-refractivity contribution in [3.63, 3.8) is 0 Å². The van der Waals surface area contributed by atoms with Crippen molar-refractivity contribution in [2.24, 2.45) is 0 Å². The molecule has 1 aliphatic heterocycles. The predicted molar refractivity (Wildman–Crippen MR) is 124 cm³/mol. The Hall–Kier alpha value is -3.38. The molecule has 5 nitrogen and oxygen atoms in total. The van der Waals surface area contributed by atoms with Crippen LogP contribution in [0.2, 0.25) is 0 Å². The summed E-state index contributed by atoms with van der Waals surface area (Å²) >= 11 is 3.35. The Bertz CT molecular complexity index is 1210. The highest BCUT2D eigenvalue weighted by Gasteiger charge is 2.30. The van der Waals surface area contributed by atoms with Crippen LogP contribution in [0.3, 0.4) is 0 Å². The summed E-state index contributed by atoms with van der Waals surface area (Å²) < 4.78 is 12.0. The average Bonchev–Trinajstić information content (AvgIpc) is 3.04. The second-order valence-corrected chi connectivity index (χ2v) is 8.26. The van der Waals surface area contributed by atoms with Crippen LogP contribution in [0.4, 0.5) is 5.69 Å². The number of anilines is 1. The van der Waals surface area contributed by atoms with Gasteiger partial charge < -0.3 is 14.4 Å². The molecule has 0 unspecified atom stereocenters. The van der Waals surface area contributed by atoms with Gasteiger partial charge in [0.1, 0.15) is 11.5 Å². The topological polar surface area (TPSA) is 55.8 Å². The number of halogens is 1. The number of ether oxygens (including phenoxy) is 2. The molecule has 0 saturated carbocycles. The van der Waals surface area contributed by atoms with E-state index in [1.54, 1.807) is 43.3 Å². The quantitative estimate of drug-likeness (QED) is 0.275. The molecule has 0 atom stereocenters. The second-order valence-electron chi connectivity index (χ2n) is 7.41. The van der Waals surface area contributed by atoms with E-state index in [1.165, 1.54) is 0 Å². The van der Waals surface area contributed by atoms with E-state index in [1.807, 2.05) is 49.3 Å². The maximum atomic E-state index is 12.9. The van der Waals surface area contributed by atoms with Gasteiger partial charge in [0.25, 0.3) is 0 Å². The van der Waals surface area contributed by atoms with Crippen LogP contribution in [0.15, 0.2) is 70.9 Å². The third kappa shape index (κ3) is 4.25. The lowest BCUT2D eigenvalue weighted by atomic mass is 10.0. The number of ketones is 1. The molecule has 31 heavy (non-hydrogen) atoms. The van der Waals surface area contributed by atoms with Crippen molar-refractivity contribution in [3.05, 3.63) is 93.1 Å². The molecule has 0 amide bonds. The molecule has 0 aromatic heterocycles. The number of esters is 1. The van der Waals surface area contributed by atoms with Crippen molar-refractivity contribution in [1.82, 2.24) is 0 Å². The van der Waals surface area contributed by atoms with Gasteiger partial charge in [0.2, 0.25) is 5.78 Å². The average molecular weight is 478 g/mol. The Kier molecular flexibility index (Phi) is 5.65. The molecule has 0 N–H and O–H groups in total. The first-order valence-electron chi connectivity index (χ1n) is 9.66. The van der Waals surface area contributed by atoms with Crippen LogP contribution >= 0.6 is 15.9 Å². The number of benzene rings is 3. The lowest BCUT2D eigenvalue weighted by Gasteiger charge is -2.11. The Morgan fingerprint density at radius 1 is 1.06 bits per heavy atom. The van der Waals surface area contributed by atoms with Crippen LogP contribution < -0.4 is 14.4 Å². The van der Waals surface area contributed by atoms with Gasteiger partial charge in [-0.15, -0.1) is 0 Å². The summed E-state index contributed by atoms with van der Waals surface area (Å²) in [6, 6.07) is 18.1. The van der Waals surface area contributed by atoms with E-state index in [0.717, 1.165) is 11.3 Å². The van der Waals surface area contributed by atoms with E-state index in [4.69, 9.17) is 9.47 Å². The van der Waals surface area contributed by atoms with Gasteiger partial charge in [-0.3, -0.25) is 4.79 Å². The fourth-order valence-corrected chi connectivity index (χ4v) is 3.79. The molecule has 156 valence electrons. The summed E-state index contributed by atoms with van der Waals surface area (Å²) in [5.74, 6) is 0.267. The first kappa shape index (κ1) is 20.9. The fourth-order valence-electron chi connectivity index (χ4n) is 3.35. The molecule has 0 saturated heterocycles. The Balaban J connectivity index is 1.59. The lowest BCUT2D eigenvalue weighted by molar-refractivity contribution is 0.0733. The number of allylic oxidation sites excluding steroid dienone is 1. The van der Waals surface area contributed by atoms with Crippen molar-refractivity contribution in [3.8, 4) is 11.5 Å².